The zero-order chi connectivity index (χ0) is 47.1. The zero-order valence-electron chi connectivity index (χ0n) is 37.5. The fourth-order valence-corrected chi connectivity index (χ4v) is 11.1. The minimum atomic E-state index is -2.24. The third-order valence-electron chi connectivity index (χ3n) is 14.0. The number of epoxide rings is 1. The summed E-state index contributed by atoms with van der Waals surface area (Å²) >= 11 is 0. The van der Waals surface area contributed by atoms with E-state index >= 15 is 0 Å². The van der Waals surface area contributed by atoms with Crippen molar-refractivity contribution in [1.82, 2.24) is 0 Å². The van der Waals surface area contributed by atoms with Crippen LogP contribution in [0.1, 0.15) is 100 Å². The highest BCUT2D eigenvalue weighted by atomic mass is 16.9. The van der Waals surface area contributed by atoms with E-state index in [1.165, 1.54) is 42.1 Å². The lowest BCUT2D eigenvalue weighted by molar-refractivity contribution is -0.385. The molecular weight excluding hydrogens is 864 g/mol. The number of ketones is 2. The van der Waals surface area contributed by atoms with Crippen LogP contribution >= 0.6 is 0 Å². The molecule has 9 rings (SSSR count). The van der Waals surface area contributed by atoms with Crippen LogP contribution in [0.25, 0.3) is 10.8 Å². The third-order valence-corrected chi connectivity index (χ3v) is 14.0. The lowest BCUT2D eigenvalue weighted by Gasteiger charge is -2.52. The van der Waals surface area contributed by atoms with E-state index in [0.717, 1.165) is 13.8 Å². The Labute approximate surface area is 372 Å². The Hall–Kier alpha value is -4.10. The van der Waals surface area contributed by atoms with Gasteiger partial charge >= 0.3 is 11.9 Å². The molecule has 2 bridgehead atoms. The highest BCUT2D eigenvalue weighted by molar-refractivity contribution is 6.13. The summed E-state index contributed by atoms with van der Waals surface area (Å²) in [4.78, 5) is 51.2. The highest BCUT2D eigenvalue weighted by Gasteiger charge is 2.94. The number of carbonyl (C=O) groups excluding carboxylic acids is 4. The van der Waals surface area contributed by atoms with Crippen molar-refractivity contribution in [3.8, 4) is 17.2 Å². The third kappa shape index (κ3) is 6.35. The number of phenols is 1. The summed E-state index contributed by atoms with van der Waals surface area (Å²) in [6, 6.07) is 1.71. The van der Waals surface area contributed by atoms with E-state index in [-0.39, 0.29) is 59.3 Å². The maximum absolute atomic E-state index is 14.1. The number of fused-ring (bicyclic) bond motifs is 8. The number of aromatic hydroxyl groups is 1. The zero-order valence-corrected chi connectivity index (χ0v) is 37.5. The molecule has 11 unspecified atom stereocenters. The van der Waals surface area contributed by atoms with Gasteiger partial charge in [-0.3, -0.25) is 19.2 Å². The number of hydrogen-bond donors (Lipinski definition) is 4. The average molecular weight is 919 g/mol. The maximum atomic E-state index is 14.1. The predicted octanol–water partition coefficient (Wildman–Crippen LogP) is 1.73. The monoisotopic (exact) mass is 918 g/mol. The minimum Gasteiger partial charge on any atom is -0.506 e. The van der Waals surface area contributed by atoms with E-state index in [0.29, 0.717) is 11.1 Å². The van der Waals surface area contributed by atoms with Crippen molar-refractivity contribution < 1.29 is 101 Å². The quantitative estimate of drug-likeness (QED) is 0.142. The summed E-state index contributed by atoms with van der Waals surface area (Å²) in [6.45, 7) is 9.67. The van der Waals surface area contributed by atoms with Gasteiger partial charge in [0.2, 0.25) is 11.9 Å². The molecule has 65 heavy (non-hydrogen) atoms. The number of esters is 2. The minimum absolute atomic E-state index is 0.0387. The number of rotatable bonds is 11. The molecule has 2 aromatic carbocycles. The second kappa shape index (κ2) is 15.5. The number of aliphatic hydroxyl groups excluding tert-OH is 1. The van der Waals surface area contributed by atoms with Gasteiger partial charge in [0.05, 0.1) is 43.0 Å². The van der Waals surface area contributed by atoms with Gasteiger partial charge in [-0.15, -0.1) is 0 Å². The van der Waals surface area contributed by atoms with E-state index < -0.39 is 125 Å². The summed E-state index contributed by atoms with van der Waals surface area (Å²) in [5, 5.41) is 47.0. The summed E-state index contributed by atoms with van der Waals surface area (Å²) in [7, 11) is 4.12. The Kier molecular flexibility index (Phi) is 11.0. The van der Waals surface area contributed by atoms with Crippen LogP contribution in [0.4, 0.5) is 0 Å². The molecule has 15 atom stereocenters. The molecule has 4 N–H and O–H groups in total. The summed E-state index contributed by atoms with van der Waals surface area (Å²) in [5.74, 6) is -7.42. The number of Topliss-reactive ketones (excluding diaryl/α,β-unsaturated/α-hetero) is 2. The summed E-state index contributed by atoms with van der Waals surface area (Å²) < 4.78 is 80.9. The van der Waals surface area contributed by atoms with Crippen LogP contribution in [-0.2, 0) is 66.5 Å². The van der Waals surface area contributed by atoms with Crippen molar-refractivity contribution in [2.45, 2.75) is 164 Å². The number of hydrogen-bond acceptors (Lipinski definition) is 21. The molecule has 0 aromatic heterocycles. The Balaban J connectivity index is 1.19. The second-order valence-electron chi connectivity index (χ2n) is 18.1. The summed E-state index contributed by atoms with van der Waals surface area (Å²) in [5.41, 5.74) is -4.85. The average Bonchev–Trinajstić information content (AvgIpc) is 3.89. The molecule has 21 nitrogen and oxygen atoms in total. The number of aryl methyl sites for hydroxylation is 1. The first-order chi connectivity index (χ1) is 30.6. The van der Waals surface area contributed by atoms with Gasteiger partial charge in [0, 0.05) is 63.8 Å². The molecule has 7 aliphatic rings. The van der Waals surface area contributed by atoms with Crippen molar-refractivity contribution in [2.75, 3.05) is 27.9 Å². The molecule has 6 aliphatic heterocycles. The number of methoxy groups -OCH3 is 3. The molecule has 2 aromatic rings. The van der Waals surface area contributed by atoms with E-state index in [4.69, 9.17) is 61.6 Å². The van der Waals surface area contributed by atoms with Gasteiger partial charge in [-0.2, -0.15) is 0 Å². The molecule has 0 saturated carbocycles. The van der Waals surface area contributed by atoms with Gasteiger partial charge in [-0.05, 0) is 46.2 Å². The molecule has 356 valence electrons. The SMILES string of the molecule is COc1c2c(c(O)c3c4c(c(C)cc13)C1OC3(C(OC)OC)OC1[C@@](OC1CC(OC(C)=O)C(O)(C(C)=O)C(C)O1)(O4)[C@@]31CO1)C(=O)[C@@H](O)C[C@@H]2OC1CC(C)(O)C(OC(C)=O)C(C)O1. The lowest BCUT2D eigenvalue weighted by atomic mass is 9.77. The molecule has 0 amide bonds. The van der Waals surface area contributed by atoms with Crippen molar-refractivity contribution in [1.29, 1.82) is 0 Å². The van der Waals surface area contributed by atoms with E-state index in [1.807, 2.05) is 0 Å². The molecule has 1 spiro atoms. The van der Waals surface area contributed by atoms with E-state index in [2.05, 4.69) is 0 Å². The normalized spacial score (nSPS) is 41.2. The molecule has 5 fully saturated rings. The first-order valence-corrected chi connectivity index (χ1v) is 21.4. The number of carbonyl (C=O) groups is 4. The molecule has 5 saturated heterocycles. The van der Waals surface area contributed by atoms with Gasteiger partial charge in [0.25, 0.3) is 11.6 Å². The Morgan fingerprint density at radius 1 is 0.938 bits per heavy atom. The van der Waals surface area contributed by atoms with Crippen molar-refractivity contribution in [2.24, 2.45) is 0 Å². The van der Waals surface area contributed by atoms with Crippen LogP contribution in [-0.4, -0.2) is 156 Å². The van der Waals surface area contributed by atoms with Gasteiger partial charge in [-0.25, -0.2) is 0 Å². The van der Waals surface area contributed by atoms with Gasteiger partial charge in [-0.1, -0.05) is 0 Å². The lowest BCUT2D eigenvalue weighted by Crippen LogP contribution is -2.72. The van der Waals surface area contributed by atoms with Crippen LogP contribution in [0.5, 0.6) is 17.2 Å². The van der Waals surface area contributed by atoms with Crippen molar-refractivity contribution >= 4 is 34.3 Å². The Morgan fingerprint density at radius 2 is 1.62 bits per heavy atom. The van der Waals surface area contributed by atoms with Crippen LogP contribution < -0.4 is 9.47 Å². The van der Waals surface area contributed by atoms with Gasteiger partial charge in [0.15, 0.2) is 42.0 Å². The fourth-order valence-electron chi connectivity index (χ4n) is 11.1. The second-order valence-corrected chi connectivity index (χ2v) is 18.1. The predicted molar refractivity (Wildman–Crippen MR) is 213 cm³/mol. The maximum Gasteiger partial charge on any atom is 0.303 e. The molecule has 6 heterocycles. The number of benzene rings is 2. The molecule has 0 radical (unpaired) electrons. The molecule has 1 aliphatic carbocycles. The van der Waals surface area contributed by atoms with Crippen LogP contribution in [0.3, 0.4) is 0 Å². The van der Waals surface area contributed by atoms with Gasteiger partial charge < -0.3 is 82.0 Å². The van der Waals surface area contributed by atoms with E-state index in [1.54, 1.807) is 19.9 Å². The first kappa shape index (κ1) is 46.0. The largest absolute Gasteiger partial charge is 0.506 e. The highest BCUT2D eigenvalue weighted by Crippen LogP contribution is 2.72. The van der Waals surface area contributed by atoms with Crippen molar-refractivity contribution in [3.05, 3.63) is 28.3 Å². The molecular formula is C44H54O21. The number of ether oxygens (including phenoxy) is 13. The molecule has 21 heteroatoms. The van der Waals surface area contributed by atoms with Crippen LogP contribution in [0.2, 0.25) is 0 Å². The topological polar surface area (TPSA) is 272 Å². The standard InChI is InChI=1S/C44H54O21/c1-16-11-22-29(33(50)31-30(34(22)53-8)24(12-23(48)32(31)49)61-27-14-40(7,51)37(17(2)57-27)60-21(6)47)35-28(16)36-38-43(63-35,41(15-56-41)44(64-36,65-38)39(54-9)55-10)62-26-13-25(59-20(5)46)42(52,18(3)45)19(4)58-26/h11,17,19,23-27,36-39,48,50-52H,12-15H2,1-10H3/t17?,19?,23-,24-,25?,26?,27?,36?,37?,38?,40?,41-,42?,43+,44?/m0/s1. The Bertz CT molecular complexity index is 2340. The Morgan fingerprint density at radius 3 is 2.20 bits per heavy atom. The van der Waals surface area contributed by atoms with E-state index in [9.17, 15) is 39.6 Å². The summed E-state index contributed by atoms with van der Waals surface area (Å²) in [6.07, 6.45) is -14.2. The smallest absolute Gasteiger partial charge is 0.303 e. The first-order valence-electron chi connectivity index (χ1n) is 21.4. The van der Waals surface area contributed by atoms with Gasteiger partial charge in [0.1, 0.15) is 41.2 Å². The number of aliphatic hydroxyl groups is 3. The van der Waals surface area contributed by atoms with Crippen molar-refractivity contribution in [3.63, 3.8) is 0 Å². The van der Waals surface area contributed by atoms with Crippen LogP contribution in [0.15, 0.2) is 6.07 Å². The fraction of sp³-hybridized carbons (Fsp3) is 0.682. The number of phenolic OH excluding ortho intramolecular Hbond substituents is 1. The van der Waals surface area contributed by atoms with Crippen LogP contribution in [0, 0.1) is 6.92 Å².